The Morgan fingerprint density at radius 2 is 2.06 bits per heavy atom. The molecular formula is C13H23NO3S. The summed E-state index contributed by atoms with van der Waals surface area (Å²) in [6.07, 6.45) is 5.14. The van der Waals surface area contributed by atoms with E-state index in [0.29, 0.717) is 17.7 Å². The van der Waals surface area contributed by atoms with E-state index in [2.05, 4.69) is 5.32 Å². The van der Waals surface area contributed by atoms with E-state index in [1.54, 1.807) is 0 Å². The number of hydrogen-bond donors (Lipinski definition) is 2. The summed E-state index contributed by atoms with van der Waals surface area (Å²) in [6.45, 7) is 3.53. The fourth-order valence-corrected chi connectivity index (χ4v) is 3.58. The van der Waals surface area contributed by atoms with Crippen molar-refractivity contribution >= 4 is 17.7 Å². The highest BCUT2D eigenvalue weighted by Crippen LogP contribution is 2.28. The Balaban J connectivity index is 1.72. The molecule has 1 heterocycles. The molecule has 0 amide bonds. The lowest BCUT2D eigenvalue weighted by atomic mass is 9.99. The largest absolute Gasteiger partial charge is 0.480 e. The van der Waals surface area contributed by atoms with Crippen molar-refractivity contribution in [2.45, 2.75) is 55.9 Å². The van der Waals surface area contributed by atoms with Crippen molar-refractivity contribution in [1.82, 2.24) is 5.32 Å². The van der Waals surface area contributed by atoms with E-state index in [1.165, 1.54) is 0 Å². The van der Waals surface area contributed by atoms with E-state index >= 15 is 0 Å². The summed E-state index contributed by atoms with van der Waals surface area (Å²) in [7, 11) is 0. The molecule has 1 saturated heterocycles. The summed E-state index contributed by atoms with van der Waals surface area (Å²) in [6, 6.07) is 0.430. The number of ether oxygens (including phenoxy) is 1. The molecule has 0 aromatic carbocycles. The Hall–Kier alpha value is -0.260. The zero-order chi connectivity index (χ0) is 13.0. The molecule has 4 nitrogen and oxygen atoms in total. The van der Waals surface area contributed by atoms with E-state index in [4.69, 9.17) is 4.74 Å². The molecule has 2 N–H and O–H groups in total. The molecule has 0 radical (unpaired) electrons. The predicted molar refractivity (Wildman–Crippen MR) is 73.1 cm³/mol. The van der Waals surface area contributed by atoms with Gasteiger partial charge in [0.25, 0.3) is 0 Å². The van der Waals surface area contributed by atoms with Gasteiger partial charge < -0.3 is 9.84 Å². The highest BCUT2D eigenvalue weighted by atomic mass is 32.2. The van der Waals surface area contributed by atoms with Gasteiger partial charge in [-0.25, -0.2) is 0 Å². The van der Waals surface area contributed by atoms with Gasteiger partial charge in [0, 0.05) is 24.5 Å². The molecule has 0 aromatic rings. The van der Waals surface area contributed by atoms with Crippen LogP contribution < -0.4 is 5.32 Å². The van der Waals surface area contributed by atoms with Gasteiger partial charge in [0.2, 0.25) is 0 Å². The molecule has 0 spiro atoms. The second-order valence-electron chi connectivity index (χ2n) is 5.49. The third-order valence-corrected chi connectivity index (χ3v) is 5.08. The van der Waals surface area contributed by atoms with E-state index in [0.717, 1.165) is 44.6 Å². The lowest BCUT2D eigenvalue weighted by Crippen LogP contribution is -2.51. The number of nitrogens with one attached hydrogen (secondary N) is 1. The third kappa shape index (κ3) is 4.14. The smallest absolute Gasteiger partial charge is 0.323 e. The Morgan fingerprint density at radius 3 is 2.61 bits per heavy atom. The van der Waals surface area contributed by atoms with E-state index in [1.807, 2.05) is 18.7 Å². The Kier molecular flexibility index (Phi) is 4.92. The van der Waals surface area contributed by atoms with Gasteiger partial charge >= 0.3 is 5.97 Å². The van der Waals surface area contributed by atoms with Crippen LogP contribution in [0.25, 0.3) is 0 Å². The summed E-state index contributed by atoms with van der Waals surface area (Å²) < 4.78 is 5.33. The quantitative estimate of drug-likeness (QED) is 0.742. The molecule has 0 aromatic heterocycles. The summed E-state index contributed by atoms with van der Waals surface area (Å²) in [5.74, 6) is 0.190. The van der Waals surface area contributed by atoms with Gasteiger partial charge in [-0.3, -0.25) is 10.1 Å². The van der Waals surface area contributed by atoms with Crippen molar-refractivity contribution in [3.63, 3.8) is 0 Å². The topological polar surface area (TPSA) is 58.6 Å². The van der Waals surface area contributed by atoms with Crippen molar-refractivity contribution in [3.8, 4) is 0 Å². The molecule has 1 atom stereocenters. The molecule has 2 aliphatic rings. The van der Waals surface area contributed by atoms with Gasteiger partial charge in [0.05, 0.1) is 0 Å². The van der Waals surface area contributed by atoms with Gasteiger partial charge in [-0.05, 0) is 44.8 Å². The first-order valence-electron chi connectivity index (χ1n) is 6.80. The lowest BCUT2D eigenvalue weighted by molar-refractivity contribution is -0.144. The first kappa shape index (κ1) is 14.2. The summed E-state index contributed by atoms with van der Waals surface area (Å²) >= 11 is 1.91. The molecule has 0 bridgehead atoms. The molecule has 1 aliphatic heterocycles. The summed E-state index contributed by atoms with van der Waals surface area (Å²) in [5.41, 5.74) is -0.751. The Morgan fingerprint density at radius 1 is 1.39 bits per heavy atom. The molecule has 18 heavy (non-hydrogen) atoms. The molecular weight excluding hydrogens is 250 g/mol. The van der Waals surface area contributed by atoms with Crippen molar-refractivity contribution in [2.24, 2.45) is 0 Å². The second kappa shape index (κ2) is 6.26. The Bertz CT molecular complexity index is 290. The third-order valence-electron chi connectivity index (χ3n) is 3.70. The summed E-state index contributed by atoms with van der Waals surface area (Å²) in [4.78, 5) is 11.4. The molecule has 1 unspecified atom stereocenters. The number of thioether (sulfide) groups is 1. The first-order chi connectivity index (χ1) is 8.60. The zero-order valence-electron chi connectivity index (χ0n) is 11.0. The monoisotopic (exact) mass is 273 g/mol. The van der Waals surface area contributed by atoms with Gasteiger partial charge in [0.15, 0.2) is 0 Å². The van der Waals surface area contributed by atoms with Crippen molar-refractivity contribution in [3.05, 3.63) is 0 Å². The van der Waals surface area contributed by atoms with Crippen LogP contribution in [0.2, 0.25) is 0 Å². The zero-order valence-corrected chi connectivity index (χ0v) is 11.8. The van der Waals surface area contributed by atoms with Gasteiger partial charge in [0.1, 0.15) is 5.54 Å². The van der Waals surface area contributed by atoms with Crippen LogP contribution in [0.5, 0.6) is 0 Å². The number of carbonyl (C=O) groups is 1. The fourth-order valence-electron chi connectivity index (χ4n) is 2.19. The van der Waals surface area contributed by atoms with Crippen LogP contribution in [-0.2, 0) is 9.53 Å². The molecule has 5 heteroatoms. The number of aliphatic carboxylic acids is 1. The maximum absolute atomic E-state index is 11.4. The van der Waals surface area contributed by atoms with Crippen LogP contribution in [0, 0.1) is 0 Å². The maximum atomic E-state index is 11.4. The fraction of sp³-hybridized carbons (Fsp3) is 0.923. The standard InChI is InChI=1S/C13H23NO3S/c1-13(12(15)16,14-10-2-3-10)6-9-18-11-4-7-17-8-5-11/h10-11,14H,2-9H2,1H3,(H,15,16). The van der Waals surface area contributed by atoms with Crippen LogP contribution >= 0.6 is 11.8 Å². The van der Waals surface area contributed by atoms with Crippen LogP contribution in [0.4, 0.5) is 0 Å². The van der Waals surface area contributed by atoms with E-state index in [9.17, 15) is 9.90 Å². The molecule has 2 fully saturated rings. The Labute approximate surface area is 113 Å². The highest BCUT2D eigenvalue weighted by Gasteiger charge is 2.38. The minimum absolute atomic E-state index is 0.430. The average Bonchev–Trinajstić information content (AvgIpc) is 3.14. The van der Waals surface area contributed by atoms with Crippen LogP contribution in [0.1, 0.15) is 39.0 Å². The number of rotatable bonds is 7. The first-order valence-corrected chi connectivity index (χ1v) is 7.85. The summed E-state index contributed by atoms with van der Waals surface area (Å²) in [5, 5.41) is 13.3. The van der Waals surface area contributed by atoms with Crippen molar-refractivity contribution in [1.29, 1.82) is 0 Å². The average molecular weight is 273 g/mol. The van der Waals surface area contributed by atoms with Crippen molar-refractivity contribution < 1.29 is 14.6 Å². The molecule has 104 valence electrons. The normalized spacial score (nSPS) is 24.7. The molecule has 1 aliphatic carbocycles. The number of carboxylic acids is 1. The molecule has 1 saturated carbocycles. The van der Waals surface area contributed by atoms with E-state index < -0.39 is 11.5 Å². The lowest BCUT2D eigenvalue weighted by Gasteiger charge is -2.28. The van der Waals surface area contributed by atoms with Gasteiger partial charge in [-0.2, -0.15) is 11.8 Å². The molecule has 2 rings (SSSR count). The number of hydrogen-bond acceptors (Lipinski definition) is 4. The van der Waals surface area contributed by atoms with Crippen molar-refractivity contribution in [2.75, 3.05) is 19.0 Å². The maximum Gasteiger partial charge on any atom is 0.323 e. The van der Waals surface area contributed by atoms with Crippen LogP contribution in [0.15, 0.2) is 0 Å². The highest BCUT2D eigenvalue weighted by molar-refractivity contribution is 7.99. The van der Waals surface area contributed by atoms with Crippen LogP contribution in [0.3, 0.4) is 0 Å². The van der Waals surface area contributed by atoms with Gasteiger partial charge in [-0.1, -0.05) is 0 Å². The predicted octanol–water partition coefficient (Wildman–Crippen LogP) is 1.88. The minimum atomic E-state index is -0.751. The SMILES string of the molecule is CC(CCSC1CCOCC1)(NC1CC1)C(=O)O. The number of carboxylic acid groups (broad SMARTS) is 1. The van der Waals surface area contributed by atoms with Crippen LogP contribution in [-0.4, -0.2) is 46.9 Å². The minimum Gasteiger partial charge on any atom is -0.480 e. The van der Waals surface area contributed by atoms with E-state index in [-0.39, 0.29) is 0 Å². The van der Waals surface area contributed by atoms with Gasteiger partial charge in [-0.15, -0.1) is 0 Å². The second-order valence-corrected chi connectivity index (χ2v) is 6.90.